The van der Waals surface area contributed by atoms with E-state index in [4.69, 9.17) is 19.4 Å². The molecule has 13 rings (SSSR count). The first-order valence-electron chi connectivity index (χ1n) is 19.9. The summed E-state index contributed by atoms with van der Waals surface area (Å²) in [7, 11) is 0. The zero-order valence-corrected chi connectivity index (χ0v) is 31.8. The van der Waals surface area contributed by atoms with Gasteiger partial charge in [0.05, 0.1) is 50.2 Å². The van der Waals surface area contributed by atoms with Crippen molar-refractivity contribution in [3.8, 4) is 57.1 Å². The largest absolute Gasteiger partial charge is 0.450 e. The Bertz CT molecular complexity index is 3660. The van der Waals surface area contributed by atoms with E-state index < -0.39 is 0 Å². The van der Waals surface area contributed by atoms with Gasteiger partial charge in [0.1, 0.15) is 0 Å². The molecular formula is C52H30N6O2. The maximum absolute atomic E-state index is 6.46. The number of pyridine rings is 2. The summed E-state index contributed by atoms with van der Waals surface area (Å²) in [5.74, 6) is 3.27. The molecule has 1 aliphatic heterocycles. The second-order valence-electron chi connectivity index (χ2n) is 15.1. The maximum Gasteiger partial charge on any atom is 0.235 e. The summed E-state index contributed by atoms with van der Waals surface area (Å²) < 4.78 is 17.3. The van der Waals surface area contributed by atoms with Crippen LogP contribution in [-0.4, -0.2) is 29.1 Å². The SMILES string of the molecule is c1ccc2c(c1)Oc1ccc(-n3c4ccccc4c4ccc5c6ccccc6n(-c6nc(-c7ccc8ncccc8c7)cc(-c7ccc8ncccc8c7)n6)c5c43)cc1O2. The first-order chi connectivity index (χ1) is 29.7. The predicted octanol–water partition coefficient (Wildman–Crippen LogP) is 13.0. The lowest BCUT2D eigenvalue weighted by Gasteiger charge is -2.21. The number of hydrogen-bond donors (Lipinski definition) is 0. The molecule has 0 saturated carbocycles. The second-order valence-corrected chi connectivity index (χ2v) is 15.1. The molecule has 0 fully saturated rings. The zero-order valence-electron chi connectivity index (χ0n) is 31.8. The number of aromatic nitrogens is 6. The molecule has 8 heteroatoms. The Hall–Kier alpha value is -8.36. The molecule has 60 heavy (non-hydrogen) atoms. The molecular weight excluding hydrogens is 741 g/mol. The van der Waals surface area contributed by atoms with Crippen molar-refractivity contribution in [2.24, 2.45) is 0 Å². The molecule has 6 heterocycles. The van der Waals surface area contributed by atoms with Crippen LogP contribution in [0.2, 0.25) is 0 Å². The minimum absolute atomic E-state index is 0.564. The van der Waals surface area contributed by atoms with Crippen molar-refractivity contribution in [3.05, 3.63) is 182 Å². The van der Waals surface area contributed by atoms with Gasteiger partial charge in [0, 0.05) is 61.9 Å². The number of fused-ring (bicyclic) bond motifs is 11. The fraction of sp³-hybridized carbons (Fsp3) is 0. The zero-order chi connectivity index (χ0) is 39.3. The van der Waals surface area contributed by atoms with E-state index in [1.54, 1.807) is 0 Å². The quantitative estimate of drug-likeness (QED) is 0.177. The number of ether oxygens (including phenoxy) is 2. The van der Waals surface area contributed by atoms with Crippen LogP contribution in [-0.2, 0) is 0 Å². The fourth-order valence-corrected chi connectivity index (χ4v) is 8.93. The Balaban J connectivity index is 1.12. The van der Waals surface area contributed by atoms with E-state index in [-0.39, 0.29) is 0 Å². The lowest BCUT2D eigenvalue weighted by Crippen LogP contribution is -2.05. The van der Waals surface area contributed by atoms with Crippen LogP contribution in [0.25, 0.3) is 99.6 Å². The number of hydrogen-bond acceptors (Lipinski definition) is 6. The first-order valence-corrected chi connectivity index (χ1v) is 19.9. The van der Waals surface area contributed by atoms with Crippen LogP contribution in [0.3, 0.4) is 0 Å². The highest BCUT2D eigenvalue weighted by atomic mass is 16.6. The summed E-state index contributed by atoms with van der Waals surface area (Å²) in [6.07, 6.45) is 3.65. The van der Waals surface area contributed by atoms with Crippen molar-refractivity contribution in [2.75, 3.05) is 0 Å². The fourth-order valence-electron chi connectivity index (χ4n) is 8.93. The van der Waals surface area contributed by atoms with Gasteiger partial charge in [0.2, 0.25) is 5.95 Å². The molecule has 0 spiro atoms. The summed E-state index contributed by atoms with van der Waals surface area (Å²) in [6.45, 7) is 0. The highest BCUT2D eigenvalue weighted by Crippen LogP contribution is 2.47. The molecule has 0 N–H and O–H groups in total. The molecule has 0 aliphatic carbocycles. The maximum atomic E-state index is 6.46. The van der Waals surface area contributed by atoms with E-state index in [0.29, 0.717) is 28.9 Å². The number of para-hydroxylation sites is 4. The van der Waals surface area contributed by atoms with Crippen LogP contribution in [0.15, 0.2) is 182 Å². The third-order valence-corrected chi connectivity index (χ3v) is 11.7. The number of nitrogens with zero attached hydrogens (tertiary/aromatic N) is 6. The standard InChI is InChI=1S/C52H30N6O2/c1-3-13-44-36(11-1)38-20-21-39-37-12-2-4-14-45(37)58(51(39)50(38)57(44)35-19-24-48-49(29-35)60-47-16-6-5-15-46(47)59-48)52-55-42(33-17-22-40-31(27-33)9-7-25-53-40)30-43(56-52)34-18-23-41-32(28-34)10-8-26-54-41/h1-30H. The summed E-state index contributed by atoms with van der Waals surface area (Å²) >= 11 is 0. The van der Waals surface area contributed by atoms with Gasteiger partial charge in [-0.3, -0.25) is 14.5 Å². The molecule has 5 aromatic heterocycles. The van der Waals surface area contributed by atoms with Gasteiger partial charge >= 0.3 is 0 Å². The summed E-state index contributed by atoms with van der Waals surface area (Å²) in [5.41, 5.74) is 10.5. The van der Waals surface area contributed by atoms with Crippen LogP contribution < -0.4 is 9.47 Å². The average molecular weight is 771 g/mol. The minimum Gasteiger partial charge on any atom is -0.450 e. The molecule has 280 valence electrons. The van der Waals surface area contributed by atoms with E-state index >= 15 is 0 Å². The van der Waals surface area contributed by atoms with Gasteiger partial charge < -0.3 is 14.0 Å². The van der Waals surface area contributed by atoms with Gasteiger partial charge in [0.25, 0.3) is 0 Å². The highest BCUT2D eigenvalue weighted by molar-refractivity contribution is 6.23. The predicted molar refractivity (Wildman–Crippen MR) is 239 cm³/mol. The van der Waals surface area contributed by atoms with Crippen LogP contribution in [0.1, 0.15) is 0 Å². The third kappa shape index (κ3) is 4.91. The Labute approximate surface area is 342 Å². The lowest BCUT2D eigenvalue weighted by molar-refractivity contribution is 0.359. The van der Waals surface area contributed by atoms with Crippen molar-refractivity contribution in [2.45, 2.75) is 0 Å². The molecule has 0 amide bonds. The van der Waals surface area contributed by atoms with Crippen molar-refractivity contribution < 1.29 is 9.47 Å². The molecule has 12 aromatic rings. The molecule has 0 unspecified atom stereocenters. The van der Waals surface area contributed by atoms with Crippen molar-refractivity contribution in [1.29, 1.82) is 0 Å². The lowest BCUT2D eigenvalue weighted by atomic mass is 10.0. The van der Waals surface area contributed by atoms with Gasteiger partial charge in [-0.15, -0.1) is 0 Å². The van der Waals surface area contributed by atoms with Crippen LogP contribution >= 0.6 is 0 Å². The summed E-state index contributed by atoms with van der Waals surface area (Å²) in [5, 5.41) is 6.53. The Kier molecular flexibility index (Phi) is 6.85. The highest BCUT2D eigenvalue weighted by Gasteiger charge is 2.25. The van der Waals surface area contributed by atoms with Gasteiger partial charge in [-0.1, -0.05) is 84.9 Å². The summed E-state index contributed by atoms with van der Waals surface area (Å²) in [6, 6.07) is 58.3. The molecule has 0 atom stereocenters. The Morgan fingerprint density at radius 1 is 0.383 bits per heavy atom. The Morgan fingerprint density at radius 3 is 1.55 bits per heavy atom. The van der Waals surface area contributed by atoms with Gasteiger partial charge in [-0.2, -0.15) is 0 Å². The van der Waals surface area contributed by atoms with Crippen LogP contribution in [0.4, 0.5) is 0 Å². The molecule has 0 saturated heterocycles. The van der Waals surface area contributed by atoms with Crippen LogP contribution in [0, 0.1) is 0 Å². The topological polar surface area (TPSA) is 79.9 Å². The summed E-state index contributed by atoms with van der Waals surface area (Å²) in [4.78, 5) is 20.1. The minimum atomic E-state index is 0.564. The monoisotopic (exact) mass is 770 g/mol. The van der Waals surface area contributed by atoms with Gasteiger partial charge in [0.15, 0.2) is 23.0 Å². The average Bonchev–Trinajstić information content (AvgIpc) is 3.83. The van der Waals surface area contributed by atoms with E-state index in [9.17, 15) is 0 Å². The van der Waals surface area contributed by atoms with Crippen LogP contribution in [0.5, 0.6) is 23.0 Å². The van der Waals surface area contributed by atoms with E-state index in [2.05, 4.69) is 146 Å². The van der Waals surface area contributed by atoms with E-state index in [1.165, 1.54) is 0 Å². The van der Waals surface area contributed by atoms with Crippen molar-refractivity contribution in [1.82, 2.24) is 29.1 Å². The van der Waals surface area contributed by atoms with E-state index in [1.807, 2.05) is 54.9 Å². The molecule has 0 radical (unpaired) electrons. The number of rotatable bonds is 4. The molecule has 8 nitrogen and oxygen atoms in total. The third-order valence-electron chi connectivity index (χ3n) is 11.7. The van der Waals surface area contributed by atoms with E-state index in [0.717, 1.165) is 93.6 Å². The first kappa shape index (κ1) is 32.7. The smallest absolute Gasteiger partial charge is 0.235 e. The Morgan fingerprint density at radius 2 is 0.917 bits per heavy atom. The number of benzene rings is 7. The second kappa shape index (κ2) is 12.6. The van der Waals surface area contributed by atoms with Gasteiger partial charge in [-0.25, -0.2) is 9.97 Å². The van der Waals surface area contributed by atoms with Crippen molar-refractivity contribution in [3.63, 3.8) is 0 Å². The molecule has 1 aliphatic rings. The molecule has 7 aromatic carbocycles. The van der Waals surface area contributed by atoms with Crippen molar-refractivity contribution >= 4 is 65.4 Å². The van der Waals surface area contributed by atoms with Gasteiger partial charge in [-0.05, 0) is 78.9 Å². The molecule has 0 bridgehead atoms. The normalized spacial score (nSPS) is 12.3.